The van der Waals surface area contributed by atoms with Crippen molar-refractivity contribution in [3.63, 3.8) is 0 Å². The highest BCUT2D eigenvalue weighted by Gasteiger charge is 2.27. The summed E-state index contributed by atoms with van der Waals surface area (Å²) in [6.45, 7) is 4.68. The largest absolute Gasteiger partial charge is 0.481 e. The van der Waals surface area contributed by atoms with Gasteiger partial charge in [0, 0.05) is 23.0 Å². The zero-order chi connectivity index (χ0) is 12.3. The third-order valence-corrected chi connectivity index (χ3v) is 3.55. The lowest BCUT2D eigenvalue weighted by Gasteiger charge is -2.18. The highest BCUT2D eigenvalue weighted by Crippen LogP contribution is 2.30. The molecule has 0 radical (unpaired) electrons. The molecule has 0 aliphatic carbocycles. The van der Waals surface area contributed by atoms with Crippen LogP contribution in [0.15, 0.2) is 6.20 Å². The molecular weight excluding hydrogens is 224 g/mol. The first-order chi connectivity index (χ1) is 7.31. The number of thiazole rings is 1. The number of carboxylic acids is 1. The predicted octanol–water partition coefficient (Wildman–Crippen LogP) is 1.96. The molecule has 1 N–H and O–H groups in total. The van der Waals surface area contributed by atoms with Gasteiger partial charge in [0.05, 0.1) is 11.4 Å². The number of hydrogen-bond donors (Lipinski definition) is 1. The second kappa shape index (κ2) is 4.93. The molecule has 0 saturated heterocycles. The van der Waals surface area contributed by atoms with Crippen LogP contribution >= 0.6 is 11.3 Å². The van der Waals surface area contributed by atoms with Gasteiger partial charge in [-0.2, -0.15) is 0 Å². The lowest BCUT2D eigenvalue weighted by molar-refractivity contribution is -0.138. The highest BCUT2D eigenvalue weighted by molar-refractivity contribution is 7.11. The van der Waals surface area contributed by atoms with Crippen molar-refractivity contribution in [2.75, 3.05) is 14.1 Å². The van der Waals surface area contributed by atoms with E-state index in [1.54, 1.807) is 11.3 Å². The summed E-state index contributed by atoms with van der Waals surface area (Å²) >= 11 is 1.59. The average Bonchev–Trinajstić information content (AvgIpc) is 2.49. The minimum Gasteiger partial charge on any atom is -0.481 e. The summed E-state index contributed by atoms with van der Waals surface area (Å²) in [5.74, 6) is -0.783. The SMILES string of the molecule is CN(C)Cc1cnc(C(C)(C)CC(=O)O)s1. The van der Waals surface area contributed by atoms with Gasteiger partial charge in [0.1, 0.15) is 0 Å². The van der Waals surface area contributed by atoms with Crippen LogP contribution in [0.5, 0.6) is 0 Å². The maximum Gasteiger partial charge on any atom is 0.304 e. The van der Waals surface area contributed by atoms with Crippen LogP contribution in [-0.4, -0.2) is 35.1 Å². The Bertz CT molecular complexity index is 372. The van der Waals surface area contributed by atoms with Gasteiger partial charge < -0.3 is 10.0 Å². The van der Waals surface area contributed by atoms with E-state index in [0.717, 1.165) is 11.6 Å². The fraction of sp³-hybridized carbons (Fsp3) is 0.636. The Morgan fingerprint density at radius 1 is 1.56 bits per heavy atom. The monoisotopic (exact) mass is 242 g/mol. The van der Waals surface area contributed by atoms with Gasteiger partial charge in [-0.1, -0.05) is 13.8 Å². The number of carboxylic acid groups (broad SMARTS) is 1. The Morgan fingerprint density at radius 2 is 2.19 bits per heavy atom. The van der Waals surface area contributed by atoms with Crippen LogP contribution in [0, 0.1) is 0 Å². The summed E-state index contributed by atoms with van der Waals surface area (Å²) in [7, 11) is 4.00. The molecule has 4 nitrogen and oxygen atoms in total. The van der Waals surface area contributed by atoms with Gasteiger partial charge in [-0.25, -0.2) is 4.98 Å². The first-order valence-corrected chi connectivity index (χ1v) is 5.94. The molecule has 0 amide bonds. The zero-order valence-electron chi connectivity index (χ0n) is 10.1. The average molecular weight is 242 g/mol. The van der Waals surface area contributed by atoms with E-state index < -0.39 is 5.97 Å². The molecule has 0 aliphatic rings. The standard InChI is InChI=1S/C11H18N2O2S/c1-11(2,5-9(14)15)10-12-6-8(16-10)7-13(3)4/h6H,5,7H2,1-4H3,(H,14,15). The first kappa shape index (κ1) is 13.1. The molecule has 0 aromatic carbocycles. The topological polar surface area (TPSA) is 53.4 Å². The molecule has 0 fully saturated rings. The fourth-order valence-corrected chi connectivity index (χ4v) is 2.59. The Hall–Kier alpha value is -0.940. The third kappa shape index (κ3) is 3.57. The van der Waals surface area contributed by atoms with E-state index in [4.69, 9.17) is 5.11 Å². The van der Waals surface area contributed by atoms with Gasteiger partial charge >= 0.3 is 5.97 Å². The maximum absolute atomic E-state index is 10.7. The number of aliphatic carboxylic acids is 1. The quantitative estimate of drug-likeness (QED) is 0.857. The number of carbonyl (C=O) groups is 1. The molecule has 0 spiro atoms. The molecule has 0 saturated carbocycles. The second-order valence-corrected chi connectivity index (χ2v) is 5.94. The minimum atomic E-state index is -0.783. The Labute approximate surface area is 99.9 Å². The Kier molecular flexibility index (Phi) is 4.04. The summed E-state index contributed by atoms with van der Waals surface area (Å²) in [6, 6.07) is 0. The van der Waals surface area contributed by atoms with Crippen molar-refractivity contribution < 1.29 is 9.90 Å². The molecule has 16 heavy (non-hydrogen) atoms. The van der Waals surface area contributed by atoms with Crippen molar-refractivity contribution in [1.82, 2.24) is 9.88 Å². The van der Waals surface area contributed by atoms with E-state index in [1.165, 1.54) is 4.88 Å². The van der Waals surface area contributed by atoms with Crippen molar-refractivity contribution in [3.8, 4) is 0 Å². The first-order valence-electron chi connectivity index (χ1n) is 5.13. The Morgan fingerprint density at radius 3 is 2.69 bits per heavy atom. The molecule has 1 aromatic heterocycles. The van der Waals surface area contributed by atoms with Crippen LogP contribution in [0.1, 0.15) is 30.2 Å². The molecule has 0 bridgehead atoms. The molecule has 0 aliphatic heterocycles. The summed E-state index contributed by atoms with van der Waals surface area (Å²) in [5, 5.41) is 9.73. The van der Waals surface area contributed by atoms with E-state index in [2.05, 4.69) is 9.88 Å². The number of aromatic nitrogens is 1. The van der Waals surface area contributed by atoms with Crippen molar-refractivity contribution in [2.24, 2.45) is 0 Å². The van der Waals surface area contributed by atoms with Crippen molar-refractivity contribution in [2.45, 2.75) is 32.2 Å². The lowest BCUT2D eigenvalue weighted by Crippen LogP contribution is -2.21. The summed E-state index contributed by atoms with van der Waals surface area (Å²) in [4.78, 5) is 18.3. The minimum absolute atomic E-state index is 0.113. The molecule has 0 atom stereocenters. The van der Waals surface area contributed by atoms with Crippen LogP contribution in [0.3, 0.4) is 0 Å². The smallest absolute Gasteiger partial charge is 0.304 e. The molecule has 90 valence electrons. The van der Waals surface area contributed by atoms with Crippen LogP contribution in [0.25, 0.3) is 0 Å². The van der Waals surface area contributed by atoms with Gasteiger partial charge in [-0.3, -0.25) is 4.79 Å². The Balaban J connectivity index is 2.80. The van der Waals surface area contributed by atoms with Gasteiger partial charge in [-0.05, 0) is 14.1 Å². The lowest BCUT2D eigenvalue weighted by atomic mass is 9.90. The highest BCUT2D eigenvalue weighted by atomic mass is 32.1. The molecule has 1 aromatic rings. The van der Waals surface area contributed by atoms with E-state index in [-0.39, 0.29) is 11.8 Å². The van der Waals surface area contributed by atoms with Crippen molar-refractivity contribution >= 4 is 17.3 Å². The van der Waals surface area contributed by atoms with Gasteiger partial charge in [0.15, 0.2) is 0 Å². The van der Waals surface area contributed by atoms with Gasteiger partial charge in [0.2, 0.25) is 0 Å². The molecular formula is C11H18N2O2S. The number of nitrogens with zero attached hydrogens (tertiary/aromatic N) is 2. The van der Waals surface area contributed by atoms with Gasteiger partial charge in [-0.15, -0.1) is 11.3 Å². The predicted molar refractivity (Wildman–Crippen MR) is 64.8 cm³/mol. The zero-order valence-corrected chi connectivity index (χ0v) is 11.0. The fourth-order valence-electron chi connectivity index (χ4n) is 1.46. The maximum atomic E-state index is 10.7. The molecule has 1 rings (SSSR count). The summed E-state index contributed by atoms with van der Waals surface area (Å²) in [6.07, 6.45) is 1.95. The second-order valence-electron chi connectivity index (χ2n) is 4.82. The summed E-state index contributed by atoms with van der Waals surface area (Å²) in [5.41, 5.74) is -0.388. The molecule has 5 heteroatoms. The van der Waals surface area contributed by atoms with E-state index in [9.17, 15) is 4.79 Å². The van der Waals surface area contributed by atoms with E-state index >= 15 is 0 Å². The van der Waals surface area contributed by atoms with Crippen molar-refractivity contribution in [1.29, 1.82) is 0 Å². The summed E-state index contributed by atoms with van der Waals surface area (Å²) < 4.78 is 0. The number of hydrogen-bond acceptors (Lipinski definition) is 4. The van der Waals surface area contributed by atoms with E-state index in [0.29, 0.717) is 0 Å². The van der Waals surface area contributed by atoms with Crippen molar-refractivity contribution in [3.05, 3.63) is 16.1 Å². The van der Waals surface area contributed by atoms with Crippen LogP contribution in [0.4, 0.5) is 0 Å². The molecule has 0 unspecified atom stereocenters. The van der Waals surface area contributed by atoms with E-state index in [1.807, 2.05) is 34.1 Å². The normalized spacial score (nSPS) is 12.1. The van der Waals surface area contributed by atoms with Gasteiger partial charge in [0.25, 0.3) is 0 Å². The number of rotatable bonds is 5. The third-order valence-electron chi connectivity index (χ3n) is 2.20. The van der Waals surface area contributed by atoms with Crippen LogP contribution < -0.4 is 0 Å². The van der Waals surface area contributed by atoms with Crippen LogP contribution in [-0.2, 0) is 16.8 Å². The van der Waals surface area contributed by atoms with Crippen LogP contribution in [0.2, 0.25) is 0 Å². The molecule has 1 heterocycles.